The number of nitrogen functional groups attached to an aromatic ring is 1. The van der Waals surface area contributed by atoms with Gasteiger partial charge in [-0.2, -0.15) is 18.3 Å². The first-order valence-corrected chi connectivity index (χ1v) is 10.4. The largest absolute Gasteiger partial charge is 0.453 e. The Hall–Kier alpha value is -3.02. The molecule has 2 heterocycles. The summed E-state index contributed by atoms with van der Waals surface area (Å²) in [5.74, 6) is -1.70. The maximum absolute atomic E-state index is 15.2. The Morgan fingerprint density at radius 3 is 2.53 bits per heavy atom. The second-order valence-electron chi connectivity index (χ2n) is 6.99. The first-order valence-electron chi connectivity index (χ1n) is 9.27. The van der Waals surface area contributed by atoms with Crippen LogP contribution in [0.2, 0.25) is 15.2 Å². The molecule has 7 nitrogen and oxygen atoms in total. The Bertz CT molecular complexity index is 1370. The molecule has 0 radical (unpaired) electrons. The quantitative estimate of drug-likeness (QED) is 0.230. The fourth-order valence-electron chi connectivity index (χ4n) is 3.04. The van der Waals surface area contributed by atoms with Gasteiger partial charge in [0.05, 0.1) is 11.4 Å². The smallest absolute Gasteiger partial charge is 0.436 e. The SMILES string of the molecule is Cn1nc(C(F)(F)F)c(-c2nnc(Cc3ccc(Cl)c(Oc4cc(N)cc(Cl)c4)c3F)o2)c1Cl. The van der Waals surface area contributed by atoms with E-state index in [1.807, 2.05) is 0 Å². The monoisotopic (exact) mass is 535 g/mol. The number of nitrogens with two attached hydrogens (primary N) is 1. The molecule has 0 saturated heterocycles. The van der Waals surface area contributed by atoms with Crippen molar-refractivity contribution >= 4 is 40.5 Å². The minimum absolute atomic E-state index is 0.0259. The van der Waals surface area contributed by atoms with E-state index in [1.54, 1.807) is 0 Å². The molecule has 0 spiro atoms. The first-order chi connectivity index (χ1) is 15.9. The van der Waals surface area contributed by atoms with E-state index in [0.29, 0.717) is 5.69 Å². The number of ether oxygens (including phenoxy) is 1. The molecule has 4 rings (SSSR count). The zero-order valence-corrected chi connectivity index (χ0v) is 19.2. The van der Waals surface area contributed by atoms with Gasteiger partial charge in [-0.25, -0.2) is 4.39 Å². The van der Waals surface area contributed by atoms with Crippen LogP contribution >= 0.6 is 34.8 Å². The molecule has 0 saturated carbocycles. The normalized spacial score (nSPS) is 11.8. The molecule has 0 aliphatic rings. The lowest BCUT2D eigenvalue weighted by Gasteiger charge is -2.12. The molecule has 14 heteroatoms. The number of alkyl halides is 3. The summed E-state index contributed by atoms with van der Waals surface area (Å²) in [4.78, 5) is 0. The van der Waals surface area contributed by atoms with Crippen molar-refractivity contribution in [3.05, 3.63) is 68.5 Å². The highest BCUT2D eigenvalue weighted by atomic mass is 35.5. The first kappa shape index (κ1) is 24.1. The van der Waals surface area contributed by atoms with E-state index in [0.717, 1.165) is 4.68 Å². The number of aryl methyl sites for hydroxylation is 1. The van der Waals surface area contributed by atoms with E-state index in [2.05, 4.69) is 15.3 Å². The van der Waals surface area contributed by atoms with Gasteiger partial charge >= 0.3 is 6.18 Å². The van der Waals surface area contributed by atoms with Crippen LogP contribution in [-0.2, 0) is 19.6 Å². The van der Waals surface area contributed by atoms with E-state index >= 15 is 4.39 Å². The fraction of sp³-hybridized carbons (Fsp3) is 0.150. The highest BCUT2D eigenvalue weighted by molar-refractivity contribution is 6.32. The van der Waals surface area contributed by atoms with Crippen LogP contribution in [-0.4, -0.2) is 20.0 Å². The van der Waals surface area contributed by atoms with Gasteiger partial charge in [0.2, 0.25) is 5.89 Å². The van der Waals surface area contributed by atoms with Gasteiger partial charge < -0.3 is 14.9 Å². The Balaban J connectivity index is 1.65. The van der Waals surface area contributed by atoms with E-state index in [-0.39, 0.29) is 44.6 Å². The topological polar surface area (TPSA) is 92.0 Å². The minimum atomic E-state index is -4.81. The lowest BCUT2D eigenvalue weighted by molar-refractivity contribution is -0.141. The summed E-state index contributed by atoms with van der Waals surface area (Å²) in [6.07, 6.45) is -5.09. The number of halogens is 7. The van der Waals surface area contributed by atoms with Gasteiger partial charge in [0.1, 0.15) is 16.5 Å². The van der Waals surface area contributed by atoms with Crippen molar-refractivity contribution in [2.45, 2.75) is 12.6 Å². The van der Waals surface area contributed by atoms with Crippen molar-refractivity contribution in [3.8, 4) is 23.0 Å². The summed E-state index contributed by atoms with van der Waals surface area (Å²) in [5, 5.41) is 10.6. The average Bonchev–Trinajstić information content (AvgIpc) is 3.31. The third-order valence-electron chi connectivity index (χ3n) is 4.51. The predicted octanol–water partition coefficient (Wildman–Crippen LogP) is 6.55. The lowest BCUT2D eigenvalue weighted by atomic mass is 10.1. The Kier molecular flexibility index (Phi) is 6.36. The van der Waals surface area contributed by atoms with E-state index < -0.39 is 29.1 Å². The van der Waals surface area contributed by atoms with Gasteiger partial charge in [0, 0.05) is 29.4 Å². The summed E-state index contributed by atoms with van der Waals surface area (Å²) < 4.78 is 66.9. The molecule has 0 bridgehead atoms. The molecule has 2 aromatic heterocycles. The number of nitrogens with zero attached hydrogens (tertiary/aromatic N) is 4. The van der Waals surface area contributed by atoms with Gasteiger partial charge in [-0.05, 0) is 18.2 Å². The van der Waals surface area contributed by atoms with E-state index in [4.69, 9.17) is 49.7 Å². The standard InChI is InChI=1S/C20H12Cl3F4N5O2/c1-32-18(23)14(17(31-32)20(25,26)27)19-30-29-13(34-19)4-8-2-3-12(22)16(15(8)24)33-11-6-9(21)5-10(28)7-11/h2-3,5-7H,4,28H2,1H3. The average molecular weight is 537 g/mol. The molecule has 0 unspecified atom stereocenters. The lowest BCUT2D eigenvalue weighted by Crippen LogP contribution is -2.08. The van der Waals surface area contributed by atoms with Gasteiger partial charge in [-0.15, -0.1) is 10.2 Å². The highest BCUT2D eigenvalue weighted by Gasteiger charge is 2.41. The molecule has 0 atom stereocenters. The number of rotatable bonds is 5. The molecule has 0 fully saturated rings. The number of hydrogen-bond donors (Lipinski definition) is 1. The van der Waals surface area contributed by atoms with E-state index in [1.165, 1.54) is 37.4 Å². The maximum Gasteiger partial charge on any atom is 0.436 e. The number of benzene rings is 2. The fourth-order valence-corrected chi connectivity index (χ4v) is 3.67. The van der Waals surface area contributed by atoms with Crippen molar-refractivity contribution in [3.63, 3.8) is 0 Å². The van der Waals surface area contributed by atoms with Crippen LogP contribution in [0.3, 0.4) is 0 Å². The Labute approximate surface area is 204 Å². The molecule has 178 valence electrons. The third-order valence-corrected chi connectivity index (χ3v) is 5.46. The summed E-state index contributed by atoms with van der Waals surface area (Å²) in [5.41, 5.74) is 4.17. The summed E-state index contributed by atoms with van der Waals surface area (Å²) >= 11 is 18.0. The van der Waals surface area contributed by atoms with Crippen LogP contribution in [0, 0.1) is 5.82 Å². The maximum atomic E-state index is 15.2. The van der Waals surface area contributed by atoms with Crippen molar-refractivity contribution in [2.75, 3.05) is 5.73 Å². The molecule has 0 amide bonds. The number of aromatic nitrogens is 4. The van der Waals surface area contributed by atoms with Gasteiger partial charge in [0.25, 0.3) is 5.89 Å². The zero-order chi connectivity index (χ0) is 24.8. The number of hydrogen-bond acceptors (Lipinski definition) is 6. The molecule has 4 aromatic rings. The molecule has 2 aromatic carbocycles. The zero-order valence-electron chi connectivity index (χ0n) is 16.9. The van der Waals surface area contributed by atoms with Crippen molar-refractivity contribution in [1.29, 1.82) is 0 Å². The molecule has 0 aliphatic carbocycles. The van der Waals surface area contributed by atoms with E-state index in [9.17, 15) is 13.2 Å². The molecule has 0 aliphatic heterocycles. The third kappa shape index (κ3) is 4.77. The minimum Gasteiger partial charge on any atom is -0.453 e. The van der Waals surface area contributed by atoms with Crippen LogP contribution in [0.1, 0.15) is 17.1 Å². The summed E-state index contributed by atoms with van der Waals surface area (Å²) in [7, 11) is 1.23. The van der Waals surface area contributed by atoms with Crippen LogP contribution in [0.25, 0.3) is 11.5 Å². The van der Waals surface area contributed by atoms with Crippen molar-refractivity contribution < 1.29 is 26.7 Å². The second-order valence-corrected chi connectivity index (χ2v) is 8.19. The van der Waals surface area contributed by atoms with Crippen LogP contribution in [0.15, 0.2) is 34.7 Å². The van der Waals surface area contributed by atoms with Crippen LogP contribution < -0.4 is 10.5 Å². The summed E-state index contributed by atoms with van der Waals surface area (Å²) in [6, 6.07) is 7.04. The Morgan fingerprint density at radius 1 is 1.12 bits per heavy atom. The second kappa shape index (κ2) is 8.97. The highest BCUT2D eigenvalue weighted by Crippen LogP contribution is 2.40. The molecular weight excluding hydrogens is 525 g/mol. The summed E-state index contributed by atoms with van der Waals surface area (Å²) in [6.45, 7) is 0. The van der Waals surface area contributed by atoms with Crippen LogP contribution in [0.4, 0.5) is 23.2 Å². The van der Waals surface area contributed by atoms with Gasteiger partial charge in [-0.3, -0.25) is 4.68 Å². The Morgan fingerprint density at radius 2 is 1.85 bits per heavy atom. The molecule has 2 N–H and O–H groups in total. The van der Waals surface area contributed by atoms with Crippen molar-refractivity contribution in [2.24, 2.45) is 7.05 Å². The molecule has 34 heavy (non-hydrogen) atoms. The number of anilines is 1. The molecular formula is C20H12Cl3F4N5O2. The van der Waals surface area contributed by atoms with Gasteiger partial charge in [-0.1, -0.05) is 40.9 Å². The van der Waals surface area contributed by atoms with Gasteiger partial charge in [0.15, 0.2) is 17.3 Å². The van der Waals surface area contributed by atoms with Crippen molar-refractivity contribution in [1.82, 2.24) is 20.0 Å². The predicted molar refractivity (Wildman–Crippen MR) is 117 cm³/mol. The van der Waals surface area contributed by atoms with Crippen LogP contribution in [0.5, 0.6) is 11.5 Å².